The summed E-state index contributed by atoms with van der Waals surface area (Å²) in [6.45, 7) is 15.5. The van der Waals surface area contributed by atoms with Gasteiger partial charge in [-0.1, -0.05) is 34.6 Å². The van der Waals surface area contributed by atoms with Crippen molar-refractivity contribution in [3.05, 3.63) is 0 Å². The molecule has 0 bridgehead atoms. The Morgan fingerprint density at radius 1 is 0.952 bits per heavy atom. The summed E-state index contributed by atoms with van der Waals surface area (Å²) in [5.41, 5.74) is -0.338. The molecule has 1 saturated heterocycles. The molecule has 0 N–H and O–H groups in total. The van der Waals surface area contributed by atoms with E-state index in [0.717, 1.165) is 19.6 Å². The standard InChI is InChI=1S/C16H31N3O2/c1-6-17(7-2)9-8-14(20)18-10-12-19(13-11-18)15(21)16(3,4)5/h6-13H2,1-5H3. The first-order chi connectivity index (χ1) is 9.79. The van der Waals surface area contributed by atoms with Gasteiger partial charge >= 0.3 is 0 Å². The Balaban J connectivity index is 2.39. The maximum atomic E-state index is 12.2. The van der Waals surface area contributed by atoms with Gasteiger partial charge in [0.2, 0.25) is 11.8 Å². The average Bonchev–Trinajstić information content (AvgIpc) is 2.46. The molecule has 0 radical (unpaired) electrons. The fourth-order valence-corrected chi connectivity index (χ4v) is 2.58. The van der Waals surface area contributed by atoms with Crippen LogP contribution in [0.25, 0.3) is 0 Å². The molecule has 1 heterocycles. The van der Waals surface area contributed by atoms with Crippen LogP contribution in [0.1, 0.15) is 41.0 Å². The molecule has 1 aliphatic rings. The Labute approximate surface area is 129 Å². The van der Waals surface area contributed by atoms with Crippen molar-refractivity contribution >= 4 is 11.8 Å². The second-order valence-electron chi connectivity index (χ2n) is 6.70. The molecule has 1 fully saturated rings. The minimum atomic E-state index is -0.338. The normalized spacial score (nSPS) is 16.5. The predicted molar refractivity (Wildman–Crippen MR) is 85.0 cm³/mol. The number of carbonyl (C=O) groups is 2. The number of carbonyl (C=O) groups excluding carboxylic acids is 2. The molecule has 0 spiro atoms. The molecule has 1 aliphatic heterocycles. The summed E-state index contributed by atoms with van der Waals surface area (Å²) in [7, 11) is 0. The van der Waals surface area contributed by atoms with Crippen LogP contribution in [0.4, 0.5) is 0 Å². The molecule has 0 aromatic heterocycles. The molecule has 1 rings (SSSR count). The van der Waals surface area contributed by atoms with Crippen molar-refractivity contribution < 1.29 is 9.59 Å². The molecule has 0 aliphatic carbocycles. The zero-order valence-corrected chi connectivity index (χ0v) is 14.3. The fourth-order valence-electron chi connectivity index (χ4n) is 2.58. The Kier molecular flexibility index (Phi) is 6.65. The third-order valence-corrected chi connectivity index (χ3v) is 4.10. The minimum Gasteiger partial charge on any atom is -0.339 e. The van der Waals surface area contributed by atoms with E-state index in [0.29, 0.717) is 32.6 Å². The Morgan fingerprint density at radius 2 is 1.43 bits per heavy atom. The minimum absolute atomic E-state index is 0.178. The molecular formula is C16H31N3O2. The van der Waals surface area contributed by atoms with Crippen molar-refractivity contribution in [1.82, 2.24) is 14.7 Å². The topological polar surface area (TPSA) is 43.9 Å². The van der Waals surface area contributed by atoms with Crippen LogP contribution in [0.3, 0.4) is 0 Å². The zero-order valence-electron chi connectivity index (χ0n) is 14.3. The van der Waals surface area contributed by atoms with Crippen LogP contribution in [0, 0.1) is 5.41 Å². The van der Waals surface area contributed by atoms with Crippen LogP contribution >= 0.6 is 0 Å². The fraction of sp³-hybridized carbons (Fsp3) is 0.875. The largest absolute Gasteiger partial charge is 0.339 e. The van der Waals surface area contributed by atoms with Crippen LogP contribution < -0.4 is 0 Å². The highest BCUT2D eigenvalue weighted by atomic mass is 16.2. The predicted octanol–water partition coefficient (Wildman–Crippen LogP) is 1.44. The lowest BCUT2D eigenvalue weighted by Gasteiger charge is -2.37. The van der Waals surface area contributed by atoms with Crippen LogP contribution in [-0.4, -0.2) is 72.3 Å². The van der Waals surface area contributed by atoms with E-state index >= 15 is 0 Å². The van der Waals surface area contributed by atoms with E-state index in [9.17, 15) is 9.59 Å². The van der Waals surface area contributed by atoms with Crippen molar-refractivity contribution in [2.45, 2.75) is 41.0 Å². The van der Waals surface area contributed by atoms with E-state index in [1.807, 2.05) is 30.6 Å². The second kappa shape index (κ2) is 7.78. The van der Waals surface area contributed by atoms with Crippen molar-refractivity contribution in [3.63, 3.8) is 0 Å². The van der Waals surface area contributed by atoms with Gasteiger partial charge in [-0.3, -0.25) is 9.59 Å². The van der Waals surface area contributed by atoms with Crippen LogP contribution in [0.15, 0.2) is 0 Å². The molecule has 0 atom stereocenters. The quantitative estimate of drug-likeness (QED) is 0.771. The number of amides is 2. The molecule has 0 aromatic rings. The second-order valence-corrected chi connectivity index (χ2v) is 6.70. The lowest BCUT2D eigenvalue weighted by Crippen LogP contribution is -2.53. The lowest BCUT2D eigenvalue weighted by atomic mass is 9.94. The molecule has 122 valence electrons. The number of nitrogens with zero attached hydrogens (tertiary/aromatic N) is 3. The summed E-state index contributed by atoms with van der Waals surface area (Å²) in [6, 6.07) is 0. The molecule has 5 nitrogen and oxygen atoms in total. The highest BCUT2D eigenvalue weighted by Crippen LogP contribution is 2.18. The van der Waals surface area contributed by atoms with Crippen LogP contribution in [-0.2, 0) is 9.59 Å². The SMILES string of the molecule is CCN(CC)CCC(=O)N1CCN(C(=O)C(C)(C)C)CC1. The van der Waals surface area contributed by atoms with E-state index in [1.165, 1.54) is 0 Å². The maximum absolute atomic E-state index is 12.2. The molecular weight excluding hydrogens is 266 g/mol. The van der Waals surface area contributed by atoms with Gasteiger partial charge in [0.1, 0.15) is 0 Å². The third-order valence-electron chi connectivity index (χ3n) is 4.10. The van der Waals surface area contributed by atoms with Crippen molar-refractivity contribution in [3.8, 4) is 0 Å². The monoisotopic (exact) mass is 297 g/mol. The Hall–Kier alpha value is -1.10. The summed E-state index contributed by atoms with van der Waals surface area (Å²) in [6.07, 6.45) is 0.578. The van der Waals surface area contributed by atoms with Crippen molar-refractivity contribution in [2.24, 2.45) is 5.41 Å². The van der Waals surface area contributed by atoms with Gasteiger partial charge in [-0.15, -0.1) is 0 Å². The summed E-state index contributed by atoms with van der Waals surface area (Å²) >= 11 is 0. The Morgan fingerprint density at radius 3 is 1.86 bits per heavy atom. The van der Waals surface area contributed by atoms with Crippen molar-refractivity contribution in [1.29, 1.82) is 0 Å². The smallest absolute Gasteiger partial charge is 0.228 e. The van der Waals surface area contributed by atoms with Gasteiger partial charge in [0, 0.05) is 44.6 Å². The molecule has 0 aromatic carbocycles. The van der Waals surface area contributed by atoms with Crippen LogP contribution in [0.5, 0.6) is 0 Å². The Bertz CT molecular complexity index is 351. The third kappa shape index (κ3) is 5.30. The highest BCUT2D eigenvalue weighted by molar-refractivity contribution is 5.82. The first-order valence-electron chi connectivity index (χ1n) is 8.09. The summed E-state index contributed by atoms with van der Waals surface area (Å²) < 4.78 is 0. The molecule has 0 saturated carbocycles. The van der Waals surface area contributed by atoms with Gasteiger partial charge in [0.05, 0.1) is 0 Å². The molecule has 21 heavy (non-hydrogen) atoms. The highest BCUT2D eigenvalue weighted by Gasteiger charge is 2.30. The summed E-state index contributed by atoms with van der Waals surface area (Å²) in [4.78, 5) is 30.5. The van der Waals surface area contributed by atoms with Gasteiger partial charge in [0.25, 0.3) is 0 Å². The van der Waals surface area contributed by atoms with Crippen molar-refractivity contribution in [2.75, 3.05) is 45.8 Å². The number of hydrogen-bond donors (Lipinski definition) is 0. The van der Waals surface area contributed by atoms with Gasteiger partial charge < -0.3 is 14.7 Å². The first kappa shape index (κ1) is 18.0. The van der Waals surface area contributed by atoms with E-state index < -0.39 is 0 Å². The van der Waals surface area contributed by atoms with E-state index in [1.54, 1.807) is 0 Å². The first-order valence-corrected chi connectivity index (χ1v) is 8.09. The molecule has 0 unspecified atom stereocenters. The molecule has 2 amide bonds. The number of piperazine rings is 1. The number of rotatable bonds is 5. The average molecular weight is 297 g/mol. The van der Waals surface area contributed by atoms with Gasteiger partial charge in [0.15, 0.2) is 0 Å². The van der Waals surface area contributed by atoms with Gasteiger partial charge in [-0.05, 0) is 13.1 Å². The number of hydrogen-bond acceptors (Lipinski definition) is 3. The summed E-state index contributed by atoms with van der Waals surface area (Å²) in [5, 5.41) is 0. The van der Waals surface area contributed by atoms with Gasteiger partial charge in [-0.25, -0.2) is 0 Å². The lowest BCUT2D eigenvalue weighted by molar-refractivity contribution is -0.145. The summed E-state index contributed by atoms with van der Waals surface area (Å²) in [5.74, 6) is 0.391. The van der Waals surface area contributed by atoms with Crippen LogP contribution in [0.2, 0.25) is 0 Å². The van der Waals surface area contributed by atoms with E-state index in [4.69, 9.17) is 0 Å². The van der Waals surface area contributed by atoms with E-state index in [-0.39, 0.29) is 17.2 Å². The van der Waals surface area contributed by atoms with Gasteiger partial charge in [-0.2, -0.15) is 0 Å². The zero-order chi connectivity index (χ0) is 16.0. The molecule has 5 heteroatoms. The maximum Gasteiger partial charge on any atom is 0.228 e. The van der Waals surface area contributed by atoms with E-state index in [2.05, 4.69) is 18.7 Å².